The molecule has 1 atom stereocenters. The van der Waals surface area contributed by atoms with Crippen molar-refractivity contribution in [1.82, 2.24) is 4.90 Å². The molecule has 1 saturated heterocycles. The molecule has 3 nitrogen and oxygen atoms in total. The van der Waals surface area contributed by atoms with E-state index in [1.165, 1.54) is 23.5 Å². The van der Waals surface area contributed by atoms with E-state index in [4.69, 9.17) is 5.11 Å². The fourth-order valence-electron chi connectivity index (χ4n) is 3.62. The molecule has 146 valence electrons. The van der Waals surface area contributed by atoms with Crippen LogP contribution >= 0.6 is 11.3 Å². The van der Waals surface area contributed by atoms with Crippen molar-refractivity contribution >= 4 is 27.4 Å². The molecule has 2 heterocycles. The number of nitrogens with zero attached hydrogens (tertiary/aromatic N) is 1. The minimum atomic E-state index is -4.36. The molecule has 7 heteroatoms. The van der Waals surface area contributed by atoms with Crippen molar-refractivity contribution < 1.29 is 23.1 Å². The van der Waals surface area contributed by atoms with Gasteiger partial charge in [-0.2, -0.15) is 13.2 Å². The highest BCUT2D eigenvalue weighted by Gasteiger charge is 2.30. The topological polar surface area (TPSA) is 40.5 Å². The summed E-state index contributed by atoms with van der Waals surface area (Å²) in [4.78, 5) is 14.0. The molecule has 1 unspecified atom stereocenters. The zero-order valence-electron chi connectivity index (χ0n) is 14.9. The maximum atomic E-state index is 13.0. The molecule has 1 fully saturated rings. The first-order valence-electron chi connectivity index (χ1n) is 8.95. The van der Waals surface area contributed by atoms with Gasteiger partial charge in [-0.15, -0.1) is 11.3 Å². The highest BCUT2D eigenvalue weighted by molar-refractivity contribution is 7.22. The van der Waals surface area contributed by atoms with Crippen molar-refractivity contribution in [2.75, 3.05) is 13.1 Å². The number of carbonyl (C=O) groups is 1. The van der Waals surface area contributed by atoms with E-state index in [9.17, 15) is 18.0 Å². The number of hydrogen-bond donors (Lipinski definition) is 1. The maximum absolute atomic E-state index is 13.0. The first-order chi connectivity index (χ1) is 13.3. The normalized spacial score (nSPS) is 18.0. The van der Waals surface area contributed by atoms with Gasteiger partial charge in [-0.1, -0.05) is 18.2 Å². The number of likely N-dealkylation sites (tertiary alicyclic amines) is 1. The zero-order chi connectivity index (χ0) is 19.9. The summed E-state index contributed by atoms with van der Waals surface area (Å²) in [6, 6.07) is 13.3. The smallest absolute Gasteiger partial charge is 0.416 e. The number of rotatable bonds is 4. The molecule has 1 aromatic heterocycles. The zero-order valence-corrected chi connectivity index (χ0v) is 15.7. The van der Waals surface area contributed by atoms with Crippen LogP contribution in [-0.4, -0.2) is 29.1 Å². The van der Waals surface area contributed by atoms with Crippen LogP contribution in [0.15, 0.2) is 48.5 Å². The molecule has 1 aliphatic heterocycles. The van der Waals surface area contributed by atoms with E-state index in [-0.39, 0.29) is 5.92 Å². The van der Waals surface area contributed by atoms with E-state index in [0.717, 1.165) is 33.1 Å². The van der Waals surface area contributed by atoms with Gasteiger partial charge in [0.05, 0.1) is 11.5 Å². The number of halogens is 3. The highest BCUT2D eigenvalue weighted by atomic mass is 32.1. The van der Waals surface area contributed by atoms with Crippen LogP contribution in [0, 0.1) is 5.92 Å². The lowest BCUT2D eigenvalue weighted by Gasteiger charge is -2.15. The standard InChI is InChI=1S/C21H18F3NO2S/c22-21(23,24)17-3-1-2-14(9-17)19-10-16-8-13(4-5-18(16)28-19)11-25-7-6-15(12-25)20(26)27/h1-5,8-10,15H,6-7,11-12H2,(H,26,27). The fraction of sp³-hybridized carbons (Fsp3) is 0.286. The van der Waals surface area contributed by atoms with Crippen molar-refractivity contribution in [3.63, 3.8) is 0 Å². The summed E-state index contributed by atoms with van der Waals surface area (Å²) in [6.45, 7) is 1.98. The van der Waals surface area contributed by atoms with Crippen LogP contribution in [0.25, 0.3) is 20.5 Å². The van der Waals surface area contributed by atoms with E-state index in [1.807, 2.05) is 24.3 Å². The second-order valence-corrected chi connectivity index (χ2v) is 8.20. The molecule has 0 saturated carbocycles. The summed E-state index contributed by atoms with van der Waals surface area (Å²) >= 11 is 1.47. The van der Waals surface area contributed by atoms with Crippen molar-refractivity contribution in [2.24, 2.45) is 5.92 Å². The van der Waals surface area contributed by atoms with Gasteiger partial charge in [0.2, 0.25) is 0 Å². The Morgan fingerprint density at radius 3 is 2.71 bits per heavy atom. The van der Waals surface area contributed by atoms with Crippen LogP contribution in [-0.2, 0) is 17.5 Å². The molecule has 0 radical (unpaired) electrons. The van der Waals surface area contributed by atoms with Crippen LogP contribution in [0.5, 0.6) is 0 Å². The molecule has 3 aromatic rings. The number of benzene rings is 2. The molecule has 0 amide bonds. The molecular weight excluding hydrogens is 387 g/mol. The van der Waals surface area contributed by atoms with Gasteiger partial charge in [-0.25, -0.2) is 0 Å². The number of alkyl halides is 3. The summed E-state index contributed by atoms with van der Waals surface area (Å²) in [5, 5.41) is 10.1. The minimum Gasteiger partial charge on any atom is -0.481 e. The molecule has 0 bridgehead atoms. The Hall–Kier alpha value is -2.38. The monoisotopic (exact) mass is 405 g/mol. The van der Waals surface area contributed by atoms with E-state index in [1.54, 1.807) is 6.07 Å². The maximum Gasteiger partial charge on any atom is 0.416 e. The van der Waals surface area contributed by atoms with Crippen molar-refractivity contribution in [2.45, 2.75) is 19.1 Å². The molecule has 2 aromatic carbocycles. The summed E-state index contributed by atoms with van der Waals surface area (Å²) in [5.41, 5.74) is 0.985. The molecule has 1 aliphatic rings. The van der Waals surface area contributed by atoms with Crippen LogP contribution in [0.4, 0.5) is 13.2 Å². The number of aliphatic carboxylic acids is 1. The Labute approximate surface area is 164 Å². The minimum absolute atomic E-state index is 0.308. The summed E-state index contributed by atoms with van der Waals surface area (Å²) in [6.07, 6.45) is -3.70. The summed E-state index contributed by atoms with van der Waals surface area (Å²) in [5.74, 6) is -1.06. The second kappa shape index (κ2) is 7.22. The number of carboxylic acid groups (broad SMARTS) is 1. The third kappa shape index (κ3) is 3.91. The molecule has 28 heavy (non-hydrogen) atoms. The van der Waals surface area contributed by atoms with Gasteiger partial charge >= 0.3 is 12.1 Å². The quantitative estimate of drug-likeness (QED) is 0.624. The van der Waals surface area contributed by atoms with Gasteiger partial charge in [0, 0.05) is 22.7 Å². The van der Waals surface area contributed by atoms with Crippen molar-refractivity contribution in [3.8, 4) is 10.4 Å². The summed E-state index contributed by atoms with van der Waals surface area (Å²) in [7, 11) is 0. The van der Waals surface area contributed by atoms with E-state index in [2.05, 4.69) is 4.90 Å². The first-order valence-corrected chi connectivity index (χ1v) is 9.76. The van der Waals surface area contributed by atoms with Crippen LogP contribution in [0.1, 0.15) is 17.5 Å². The van der Waals surface area contributed by atoms with Gasteiger partial charge in [-0.05, 0) is 59.8 Å². The fourth-order valence-corrected chi connectivity index (χ4v) is 4.66. The highest BCUT2D eigenvalue weighted by Crippen LogP contribution is 2.37. The van der Waals surface area contributed by atoms with E-state index < -0.39 is 17.7 Å². The molecule has 0 aliphatic carbocycles. The van der Waals surface area contributed by atoms with Crippen molar-refractivity contribution in [3.05, 3.63) is 59.7 Å². The van der Waals surface area contributed by atoms with Crippen LogP contribution in [0.3, 0.4) is 0 Å². The van der Waals surface area contributed by atoms with Crippen LogP contribution in [0.2, 0.25) is 0 Å². The SMILES string of the molecule is O=C(O)C1CCN(Cc2ccc3sc(-c4cccc(C(F)(F)F)c4)cc3c2)C1. The average molecular weight is 405 g/mol. The third-order valence-electron chi connectivity index (χ3n) is 5.08. The Morgan fingerprint density at radius 1 is 1.18 bits per heavy atom. The average Bonchev–Trinajstić information content (AvgIpc) is 3.28. The van der Waals surface area contributed by atoms with E-state index in [0.29, 0.717) is 25.1 Å². The number of fused-ring (bicyclic) bond motifs is 1. The van der Waals surface area contributed by atoms with Gasteiger partial charge in [0.15, 0.2) is 0 Å². The molecule has 0 spiro atoms. The van der Waals surface area contributed by atoms with Gasteiger partial charge < -0.3 is 5.11 Å². The van der Waals surface area contributed by atoms with Crippen molar-refractivity contribution in [1.29, 1.82) is 0 Å². The second-order valence-electron chi connectivity index (χ2n) is 7.12. The van der Waals surface area contributed by atoms with Gasteiger partial charge in [-0.3, -0.25) is 9.69 Å². The first kappa shape index (κ1) is 19.0. The summed E-state index contributed by atoms with van der Waals surface area (Å²) < 4.78 is 39.9. The third-order valence-corrected chi connectivity index (χ3v) is 6.25. The largest absolute Gasteiger partial charge is 0.481 e. The lowest BCUT2D eigenvalue weighted by Crippen LogP contribution is -2.22. The number of carboxylic acids is 1. The molecule has 4 rings (SSSR count). The number of thiophene rings is 1. The Kier molecular flexibility index (Phi) is 4.89. The van der Waals surface area contributed by atoms with E-state index >= 15 is 0 Å². The Morgan fingerprint density at radius 2 is 2.00 bits per heavy atom. The molecular formula is C21H18F3NO2S. The predicted molar refractivity (Wildman–Crippen MR) is 103 cm³/mol. The Balaban J connectivity index is 1.57. The molecule has 1 N–H and O–H groups in total. The van der Waals surface area contributed by atoms with Gasteiger partial charge in [0.1, 0.15) is 0 Å². The van der Waals surface area contributed by atoms with Crippen LogP contribution < -0.4 is 0 Å². The van der Waals surface area contributed by atoms with Gasteiger partial charge in [0.25, 0.3) is 0 Å². The lowest BCUT2D eigenvalue weighted by molar-refractivity contribution is -0.141. The Bertz CT molecular complexity index is 1030. The lowest BCUT2D eigenvalue weighted by atomic mass is 10.1. The number of hydrogen-bond acceptors (Lipinski definition) is 3. The predicted octanol–water partition coefficient (Wildman–Crippen LogP) is 5.49.